The Balaban J connectivity index is 2.06. The Morgan fingerprint density at radius 3 is 3.17 bits per heavy atom. The zero-order valence-electron chi connectivity index (χ0n) is 7.26. The molecule has 1 aliphatic rings. The molecule has 12 heavy (non-hydrogen) atoms. The summed E-state index contributed by atoms with van der Waals surface area (Å²) in [7, 11) is 0. The van der Waals surface area contributed by atoms with Gasteiger partial charge in [0.05, 0.1) is 6.17 Å². The fourth-order valence-corrected chi connectivity index (χ4v) is 1.09. The molecule has 1 unspecified atom stereocenters. The normalized spacial score (nSPS) is 21.6. The van der Waals surface area contributed by atoms with E-state index in [2.05, 4.69) is 16.0 Å². The standard InChI is InChI=1S/C8H15N3O/c1-7(12)9-6-3-8-10-4-2-5-11-8/h2,4,8,10-11H,3,5-6H2,1H3,(H,9,12). The van der Waals surface area contributed by atoms with Gasteiger partial charge in [0.1, 0.15) is 0 Å². The summed E-state index contributed by atoms with van der Waals surface area (Å²) in [5.41, 5.74) is 0. The first kappa shape index (κ1) is 9.06. The maximum Gasteiger partial charge on any atom is 0.216 e. The third kappa shape index (κ3) is 3.39. The summed E-state index contributed by atoms with van der Waals surface area (Å²) in [4.78, 5) is 10.5. The van der Waals surface area contributed by atoms with Gasteiger partial charge in [-0.15, -0.1) is 0 Å². The van der Waals surface area contributed by atoms with E-state index in [0.717, 1.165) is 13.0 Å². The highest BCUT2D eigenvalue weighted by Gasteiger charge is 2.06. The molecule has 1 atom stereocenters. The van der Waals surface area contributed by atoms with Gasteiger partial charge in [-0.2, -0.15) is 0 Å². The van der Waals surface area contributed by atoms with Crippen LogP contribution in [0.15, 0.2) is 12.3 Å². The van der Waals surface area contributed by atoms with Crippen LogP contribution in [0.1, 0.15) is 13.3 Å². The monoisotopic (exact) mass is 169 g/mol. The van der Waals surface area contributed by atoms with Crippen molar-refractivity contribution in [2.75, 3.05) is 13.1 Å². The van der Waals surface area contributed by atoms with Gasteiger partial charge < -0.3 is 10.6 Å². The van der Waals surface area contributed by atoms with Crippen molar-refractivity contribution in [3.8, 4) is 0 Å². The number of nitrogens with one attached hydrogen (secondary N) is 3. The predicted molar refractivity (Wildman–Crippen MR) is 47.4 cm³/mol. The largest absolute Gasteiger partial charge is 0.376 e. The Hall–Kier alpha value is -1.03. The summed E-state index contributed by atoms with van der Waals surface area (Å²) in [5, 5.41) is 9.14. The average Bonchev–Trinajstić information content (AvgIpc) is 2.05. The Kier molecular flexibility index (Phi) is 3.60. The van der Waals surface area contributed by atoms with Crippen molar-refractivity contribution in [3.63, 3.8) is 0 Å². The van der Waals surface area contributed by atoms with E-state index >= 15 is 0 Å². The van der Waals surface area contributed by atoms with E-state index in [-0.39, 0.29) is 5.91 Å². The van der Waals surface area contributed by atoms with Gasteiger partial charge in [-0.05, 0) is 12.6 Å². The molecule has 4 heteroatoms. The first-order valence-electron chi connectivity index (χ1n) is 4.18. The quantitative estimate of drug-likeness (QED) is 0.536. The number of amides is 1. The minimum Gasteiger partial charge on any atom is -0.376 e. The summed E-state index contributed by atoms with van der Waals surface area (Å²) in [5.74, 6) is 0.0290. The number of hydrogen-bond donors (Lipinski definition) is 3. The van der Waals surface area contributed by atoms with E-state index in [9.17, 15) is 4.79 Å². The van der Waals surface area contributed by atoms with Crippen molar-refractivity contribution < 1.29 is 4.79 Å². The van der Waals surface area contributed by atoms with Crippen LogP contribution in [-0.4, -0.2) is 25.2 Å². The lowest BCUT2D eigenvalue weighted by Crippen LogP contribution is -2.44. The SMILES string of the molecule is CC(=O)NCCC1NC=CCN1. The average molecular weight is 169 g/mol. The molecule has 0 aromatic heterocycles. The smallest absolute Gasteiger partial charge is 0.216 e. The van der Waals surface area contributed by atoms with Crippen LogP contribution in [-0.2, 0) is 4.79 Å². The molecule has 0 aromatic carbocycles. The van der Waals surface area contributed by atoms with Gasteiger partial charge in [-0.1, -0.05) is 6.08 Å². The minimum atomic E-state index is 0.0290. The van der Waals surface area contributed by atoms with E-state index in [1.54, 1.807) is 0 Å². The second-order valence-corrected chi connectivity index (χ2v) is 2.80. The third-order valence-electron chi connectivity index (χ3n) is 1.70. The molecular formula is C8H15N3O. The van der Waals surface area contributed by atoms with Crippen molar-refractivity contribution in [1.82, 2.24) is 16.0 Å². The van der Waals surface area contributed by atoms with Gasteiger partial charge in [0.15, 0.2) is 0 Å². The molecule has 4 nitrogen and oxygen atoms in total. The number of carbonyl (C=O) groups is 1. The molecular weight excluding hydrogens is 154 g/mol. The van der Waals surface area contributed by atoms with E-state index in [4.69, 9.17) is 0 Å². The maximum atomic E-state index is 10.5. The van der Waals surface area contributed by atoms with Crippen LogP contribution in [0.2, 0.25) is 0 Å². The van der Waals surface area contributed by atoms with Gasteiger partial charge in [-0.3, -0.25) is 10.1 Å². The summed E-state index contributed by atoms with van der Waals surface area (Å²) in [6.07, 6.45) is 5.16. The second-order valence-electron chi connectivity index (χ2n) is 2.80. The van der Waals surface area contributed by atoms with Gasteiger partial charge in [0.25, 0.3) is 0 Å². The lowest BCUT2D eigenvalue weighted by Gasteiger charge is -2.21. The van der Waals surface area contributed by atoms with Crippen LogP contribution in [0.5, 0.6) is 0 Å². The lowest BCUT2D eigenvalue weighted by atomic mass is 10.3. The molecule has 1 rings (SSSR count). The number of hydrogen-bond acceptors (Lipinski definition) is 3. The zero-order valence-corrected chi connectivity index (χ0v) is 7.26. The molecule has 0 aromatic rings. The summed E-state index contributed by atoms with van der Waals surface area (Å²) < 4.78 is 0. The van der Waals surface area contributed by atoms with Crippen LogP contribution in [0.25, 0.3) is 0 Å². The fraction of sp³-hybridized carbons (Fsp3) is 0.625. The molecule has 68 valence electrons. The van der Waals surface area contributed by atoms with E-state index in [1.807, 2.05) is 12.3 Å². The molecule has 0 radical (unpaired) electrons. The highest BCUT2D eigenvalue weighted by Crippen LogP contribution is 1.90. The van der Waals surface area contributed by atoms with E-state index < -0.39 is 0 Å². The molecule has 0 saturated carbocycles. The first-order valence-corrected chi connectivity index (χ1v) is 4.18. The predicted octanol–water partition coefficient (Wildman–Crippen LogP) is -0.455. The van der Waals surface area contributed by atoms with E-state index in [1.165, 1.54) is 6.92 Å². The highest BCUT2D eigenvalue weighted by molar-refractivity contribution is 5.72. The maximum absolute atomic E-state index is 10.5. The summed E-state index contributed by atoms with van der Waals surface area (Å²) in [6, 6.07) is 0. The molecule has 1 amide bonds. The summed E-state index contributed by atoms with van der Waals surface area (Å²) in [6.45, 7) is 3.15. The number of rotatable bonds is 3. The van der Waals surface area contributed by atoms with Crippen LogP contribution in [0.3, 0.4) is 0 Å². The van der Waals surface area contributed by atoms with E-state index in [0.29, 0.717) is 12.7 Å². The molecule has 1 aliphatic heterocycles. The highest BCUT2D eigenvalue weighted by atomic mass is 16.1. The minimum absolute atomic E-state index is 0.0290. The van der Waals surface area contributed by atoms with Gasteiger partial charge >= 0.3 is 0 Å². The van der Waals surface area contributed by atoms with Gasteiger partial charge in [0.2, 0.25) is 5.91 Å². The lowest BCUT2D eigenvalue weighted by molar-refractivity contribution is -0.118. The molecule has 0 spiro atoms. The second kappa shape index (κ2) is 4.77. The first-order chi connectivity index (χ1) is 5.79. The molecule has 3 N–H and O–H groups in total. The van der Waals surface area contributed by atoms with Gasteiger partial charge in [0, 0.05) is 20.0 Å². The Labute approximate surface area is 72.4 Å². The molecule has 1 heterocycles. The van der Waals surface area contributed by atoms with Crippen molar-refractivity contribution in [3.05, 3.63) is 12.3 Å². The molecule has 0 fully saturated rings. The Bertz CT molecular complexity index is 179. The fourth-order valence-electron chi connectivity index (χ4n) is 1.09. The topological polar surface area (TPSA) is 53.2 Å². The Morgan fingerprint density at radius 2 is 2.58 bits per heavy atom. The van der Waals surface area contributed by atoms with Crippen LogP contribution in [0, 0.1) is 0 Å². The molecule has 0 aliphatic carbocycles. The van der Waals surface area contributed by atoms with Gasteiger partial charge in [-0.25, -0.2) is 0 Å². The van der Waals surface area contributed by atoms with Crippen molar-refractivity contribution in [1.29, 1.82) is 0 Å². The van der Waals surface area contributed by atoms with Crippen molar-refractivity contribution in [2.45, 2.75) is 19.5 Å². The van der Waals surface area contributed by atoms with Crippen molar-refractivity contribution in [2.24, 2.45) is 0 Å². The van der Waals surface area contributed by atoms with Crippen molar-refractivity contribution >= 4 is 5.91 Å². The Morgan fingerprint density at radius 1 is 1.75 bits per heavy atom. The molecule has 0 saturated heterocycles. The third-order valence-corrected chi connectivity index (χ3v) is 1.70. The zero-order chi connectivity index (χ0) is 8.81. The number of carbonyl (C=O) groups excluding carboxylic acids is 1. The van der Waals surface area contributed by atoms with Crippen LogP contribution >= 0.6 is 0 Å². The molecule has 0 bridgehead atoms. The van der Waals surface area contributed by atoms with Crippen LogP contribution in [0.4, 0.5) is 0 Å². The summed E-state index contributed by atoms with van der Waals surface area (Å²) >= 11 is 0. The van der Waals surface area contributed by atoms with Crippen LogP contribution < -0.4 is 16.0 Å².